The fourth-order valence-electron chi connectivity index (χ4n) is 3.57. The molecule has 4 aromatic heterocycles. The molecule has 0 radical (unpaired) electrons. The number of hydrogen-bond donors (Lipinski definition) is 1. The number of nitrogens with one attached hydrogen (secondary N) is 1. The lowest BCUT2D eigenvalue weighted by atomic mass is 10.0. The molecular weight excluding hydrogens is 528 g/mol. The average Bonchev–Trinajstić information content (AvgIpc) is 3.23. The highest BCUT2D eigenvalue weighted by molar-refractivity contribution is 9.10. The van der Waals surface area contributed by atoms with Gasteiger partial charge in [-0.3, -0.25) is 4.79 Å². The fourth-order valence-corrected chi connectivity index (χ4v) is 3.98. The van der Waals surface area contributed by atoms with Crippen LogP contribution in [0, 0.1) is 6.92 Å². The number of imidazole rings is 1. The number of aryl methyl sites for hydroxylation is 2. The molecule has 1 atom stereocenters. The molecule has 1 unspecified atom stereocenters. The van der Waals surface area contributed by atoms with Crippen LogP contribution in [0.15, 0.2) is 31.0 Å². The van der Waals surface area contributed by atoms with Crippen molar-refractivity contribution in [2.45, 2.75) is 31.6 Å². The Morgan fingerprint density at radius 3 is 2.52 bits per heavy atom. The second-order valence-electron chi connectivity index (χ2n) is 7.17. The maximum Gasteiger partial charge on any atom is 0.246 e. The van der Waals surface area contributed by atoms with Crippen molar-refractivity contribution in [3.63, 3.8) is 0 Å². The monoisotopic (exact) mass is 544 g/mol. The van der Waals surface area contributed by atoms with Gasteiger partial charge in [0, 0.05) is 36.3 Å². The van der Waals surface area contributed by atoms with Gasteiger partial charge < -0.3 is 9.88 Å². The van der Waals surface area contributed by atoms with E-state index < -0.39 is 4.32 Å². The summed E-state index contributed by atoms with van der Waals surface area (Å²) in [6.45, 7) is 6.35. The first-order chi connectivity index (χ1) is 14.4. The number of aromatic nitrogens is 7. The maximum absolute atomic E-state index is 12.2. The van der Waals surface area contributed by atoms with E-state index in [-0.39, 0.29) is 22.9 Å². The zero-order valence-corrected chi connectivity index (χ0v) is 20.2. The number of carbonyl (C=O) groups is 1. The summed E-state index contributed by atoms with van der Waals surface area (Å²) in [6, 6.07) is 1.91. The minimum Gasteiger partial charge on any atom is -0.309 e. The predicted octanol–water partition coefficient (Wildman–Crippen LogP) is 3.81. The molecule has 158 valence electrons. The van der Waals surface area contributed by atoms with Crippen LogP contribution in [0.2, 0.25) is 0 Å². The number of fused-ring (bicyclic) bond motifs is 2. The van der Waals surface area contributed by atoms with E-state index >= 15 is 0 Å². The maximum atomic E-state index is 12.2. The molecule has 1 aliphatic heterocycles. The van der Waals surface area contributed by atoms with Crippen LogP contribution in [0.4, 0.5) is 5.82 Å². The molecule has 31 heavy (non-hydrogen) atoms. The first-order valence-corrected chi connectivity index (χ1v) is 10.2. The summed E-state index contributed by atoms with van der Waals surface area (Å²) in [5, 5.41) is 2.79. The molecule has 0 aromatic carbocycles. The Bertz CT molecular complexity index is 1320. The molecule has 1 amide bonds. The standard InChI is InChI=1S/C20H17BrN8O.BrH/c1-4-29-17(12-7-22-10(2)23-8-12)27-15-14(25-9-26-18(15)29)11-5-13-16(24-6-11)28-19(30)20(13,3)21;/h5-9H,4H2,1-3H3,(H,24,28,30);1H. The molecule has 4 aromatic rings. The van der Waals surface area contributed by atoms with Crippen molar-refractivity contribution in [2.75, 3.05) is 5.32 Å². The SMILES string of the molecule is Br.CCn1c(-c2cnc(C)nc2)nc2c(-c3cnc4c(c3)C(C)(Br)C(=O)N4)ncnc21. The van der Waals surface area contributed by atoms with Gasteiger partial charge in [0.25, 0.3) is 0 Å². The topological polar surface area (TPSA) is 111 Å². The van der Waals surface area contributed by atoms with Crippen molar-refractivity contribution in [1.82, 2.24) is 34.5 Å². The Hall–Kier alpha value is -2.79. The van der Waals surface area contributed by atoms with Crippen LogP contribution in [0.3, 0.4) is 0 Å². The van der Waals surface area contributed by atoms with E-state index in [1.54, 1.807) is 25.5 Å². The lowest BCUT2D eigenvalue weighted by molar-refractivity contribution is -0.117. The van der Waals surface area contributed by atoms with Gasteiger partial charge in [0.05, 0.1) is 5.56 Å². The molecule has 11 heteroatoms. The van der Waals surface area contributed by atoms with Gasteiger partial charge >= 0.3 is 0 Å². The highest BCUT2D eigenvalue weighted by Crippen LogP contribution is 2.43. The van der Waals surface area contributed by atoms with Gasteiger partial charge in [-0.15, -0.1) is 17.0 Å². The van der Waals surface area contributed by atoms with Crippen molar-refractivity contribution >= 4 is 55.8 Å². The van der Waals surface area contributed by atoms with Crippen LogP contribution in [0.1, 0.15) is 25.2 Å². The predicted molar refractivity (Wildman–Crippen MR) is 125 cm³/mol. The highest BCUT2D eigenvalue weighted by atomic mass is 79.9. The quantitative estimate of drug-likeness (QED) is 0.389. The molecule has 9 nitrogen and oxygen atoms in total. The average molecular weight is 546 g/mol. The molecule has 0 bridgehead atoms. The number of alkyl halides is 1. The molecule has 1 aliphatic rings. The lowest BCUT2D eigenvalue weighted by Crippen LogP contribution is -2.23. The smallest absolute Gasteiger partial charge is 0.246 e. The van der Waals surface area contributed by atoms with E-state index in [9.17, 15) is 4.79 Å². The number of amides is 1. The van der Waals surface area contributed by atoms with Crippen molar-refractivity contribution in [1.29, 1.82) is 0 Å². The largest absolute Gasteiger partial charge is 0.309 e. The summed E-state index contributed by atoms with van der Waals surface area (Å²) in [5.41, 5.74) is 4.36. The minimum atomic E-state index is -0.843. The summed E-state index contributed by atoms with van der Waals surface area (Å²) in [7, 11) is 0. The van der Waals surface area contributed by atoms with Gasteiger partial charge in [-0.05, 0) is 26.8 Å². The molecule has 0 fully saturated rings. The zero-order chi connectivity index (χ0) is 21.0. The number of anilines is 1. The Balaban J connectivity index is 0.00000231. The minimum absolute atomic E-state index is 0. The summed E-state index contributed by atoms with van der Waals surface area (Å²) < 4.78 is 1.17. The van der Waals surface area contributed by atoms with Gasteiger partial charge in [0.1, 0.15) is 39.3 Å². The normalized spacial score (nSPS) is 17.4. The molecular formula is C20H18Br2N8O. The highest BCUT2D eigenvalue weighted by Gasteiger charge is 2.41. The van der Waals surface area contributed by atoms with Crippen LogP contribution in [0.25, 0.3) is 33.8 Å². The van der Waals surface area contributed by atoms with Gasteiger partial charge in [0.15, 0.2) is 5.65 Å². The Labute approximate surface area is 196 Å². The molecule has 1 N–H and O–H groups in total. The van der Waals surface area contributed by atoms with Crippen LogP contribution in [0.5, 0.6) is 0 Å². The lowest BCUT2D eigenvalue weighted by Gasteiger charge is -2.13. The van der Waals surface area contributed by atoms with Crippen molar-refractivity contribution in [3.05, 3.63) is 42.4 Å². The molecule has 0 aliphatic carbocycles. The van der Waals surface area contributed by atoms with Crippen molar-refractivity contribution in [2.24, 2.45) is 0 Å². The molecule has 5 rings (SSSR count). The Morgan fingerprint density at radius 2 is 1.81 bits per heavy atom. The van der Waals surface area contributed by atoms with Gasteiger partial charge in [-0.2, -0.15) is 0 Å². The van der Waals surface area contributed by atoms with Crippen LogP contribution < -0.4 is 5.32 Å². The van der Waals surface area contributed by atoms with E-state index in [0.717, 1.165) is 28.2 Å². The van der Waals surface area contributed by atoms with E-state index in [4.69, 9.17) is 4.98 Å². The van der Waals surface area contributed by atoms with Crippen molar-refractivity contribution in [3.8, 4) is 22.6 Å². The number of pyridine rings is 1. The Kier molecular flexibility index (Phi) is 5.34. The van der Waals surface area contributed by atoms with Crippen molar-refractivity contribution < 1.29 is 4.79 Å². The number of nitrogens with zero attached hydrogens (tertiary/aromatic N) is 7. The summed E-state index contributed by atoms with van der Waals surface area (Å²) in [5.74, 6) is 1.83. The number of halogens is 2. The Morgan fingerprint density at radius 1 is 1.10 bits per heavy atom. The van der Waals surface area contributed by atoms with E-state index in [0.29, 0.717) is 29.4 Å². The molecule has 0 saturated carbocycles. The van der Waals surface area contributed by atoms with E-state index in [1.807, 2.05) is 24.5 Å². The van der Waals surface area contributed by atoms with Crippen LogP contribution in [-0.2, 0) is 15.7 Å². The van der Waals surface area contributed by atoms with Crippen LogP contribution in [-0.4, -0.2) is 40.4 Å². The third-order valence-electron chi connectivity index (χ3n) is 5.21. The van der Waals surface area contributed by atoms with Gasteiger partial charge in [-0.25, -0.2) is 29.9 Å². The number of rotatable bonds is 3. The molecule has 0 spiro atoms. The number of carbonyl (C=O) groups excluding carboxylic acids is 1. The second-order valence-corrected chi connectivity index (χ2v) is 8.76. The number of hydrogen-bond acceptors (Lipinski definition) is 7. The third-order valence-corrected chi connectivity index (χ3v) is 6.00. The fraction of sp³-hybridized carbons (Fsp3) is 0.250. The first-order valence-electron chi connectivity index (χ1n) is 9.41. The van der Waals surface area contributed by atoms with E-state index in [2.05, 4.69) is 46.2 Å². The second kappa shape index (κ2) is 7.72. The summed E-state index contributed by atoms with van der Waals surface area (Å²) >= 11 is 3.51. The molecule has 0 saturated heterocycles. The summed E-state index contributed by atoms with van der Waals surface area (Å²) in [6.07, 6.45) is 6.72. The third kappa shape index (κ3) is 3.32. The van der Waals surface area contributed by atoms with Gasteiger partial charge in [-0.1, -0.05) is 15.9 Å². The first kappa shape index (κ1) is 21.4. The zero-order valence-electron chi connectivity index (χ0n) is 16.9. The van der Waals surface area contributed by atoms with E-state index in [1.165, 1.54) is 6.33 Å². The molecule has 5 heterocycles. The summed E-state index contributed by atoms with van der Waals surface area (Å²) in [4.78, 5) is 39.0. The van der Waals surface area contributed by atoms with Crippen LogP contribution >= 0.6 is 32.9 Å². The van der Waals surface area contributed by atoms with Gasteiger partial charge in [0.2, 0.25) is 5.91 Å².